The molecule has 12 nitrogen and oxygen atoms in total. The average Bonchev–Trinajstić information content (AvgIpc) is 3.49. The Morgan fingerprint density at radius 1 is 1.06 bits per heavy atom. The van der Waals surface area contributed by atoms with Crippen molar-refractivity contribution in [3.8, 4) is 11.5 Å². The number of carbonyl (C=O) groups is 1. The zero-order chi connectivity index (χ0) is 34.2. The molecule has 2 atom stereocenters. The maximum Gasteiger partial charge on any atom is 0.282 e. The van der Waals surface area contributed by atoms with Gasteiger partial charge in [0.2, 0.25) is 0 Å². The SMILES string of the molecule is CC(C)N(C(=O)c1cc(F)ccc1Oc1cncnc1N1CC[C@@H](CN2CC3(CCN(S(=O)(=O)N4CCN[C@@H](C)C4)CC3)C2)C1)C(C)C.Cl. The molecule has 4 aliphatic rings. The maximum absolute atomic E-state index is 14.4. The zero-order valence-electron chi connectivity index (χ0n) is 29.3. The Labute approximate surface area is 297 Å². The van der Waals surface area contributed by atoms with Gasteiger partial charge in [0.05, 0.1) is 11.8 Å². The third-order valence-corrected chi connectivity index (χ3v) is 12.4. The van der Waals surface area contributed by atoms with Crippen LogP contribution in [0.1, 0.15) is 64.2 Å². The zero-order valence-corrected chi connectivity index (χ0v) is 31.0. The summed E-state index contributed by atoms with van der Waals surface area (Å²) in [6.45, 7) is 17.4. The molecule has 272 valence electrons. The van der Waals surface area contributed by atoms with Crippen molar-refractivity contribution >= 4 is 34.3 Å². The lowest BCUT2D eigenvalue weighted by molar-refractivity contribution is -0.0413. The van der Waals surface area contributed by atoms with Crippen LogP contribution in [0.15, 0.2) is 30.7 Å². The first-order chi connectivity index (χ1) is 22.8. The predicted molar refractivity (Wildman–Crippen MR) is 190 cm³/mol. The Bertz CT molecular complexity index is 1560. The fourth-order valence-corrected chi connectivity index (χ4v) is 9.75. The van der Waals surface area contributed by atoms with Gasteiger partial charge in [0, 0.05) is 83.6 Å². The number of ether oxygens (including phenoxy) is 1. The Morgan fingerprint density at radius 3 is 2.45 bits per heavy atom. The highest BCUT2D eigenvalue weighted by atomic mass is 35.5. The number of anilines is 1. The van der Waals surface area contributed by atoms with Crippen LogP contribution in [0, 0.1) is 17.2 Å². The fraction of sp³-hybridized carbons (Fsp3) is 0.676. The number of hydrogen-bond donors (Lipinski definition) is 1. The number of carbonyl (C=O) groups excluding carboxylic acids is 1. The van der Waals surface area contributed by atoms with Crippen LogP contribution in [-0.4, -0.2) is 126 Å². The second-order valence-corrected chi connectivity index (χ2v) is 16.7. The highest BCUT2D eigenvalue weighted by Crippen LogP contribution is 2.42. The van der Waals surface area contributed by atoms with E-state index in [1.165, 1.54) is 24.5 Å². The number of rotatable bonds is 10. The molecule has 1 aromatic carbocycles. The number of hydrogen-bond acceptors (Lipinski definition) is 9. The van der Waals surface area contributed by atoms with Crippen LogP contribution in [-0.2, 0) is 10.2 Å². The number of benzene rings is 1. The summed E-state index contributed by atoms with van der Waals surface area (Å²) in [5, 5.41) is 3.32. The molecule has 0 radical (unpaired) electrons. The molecule has 5 heterocycles. The molecule has 15 heteroatoms. The first kappa shape index (κ1) is 37.6. The number of nitrogens with one attached hydrogen (secondary N) is 1. The van der Waals surface area contributed by atoms with Crippen LogP contribution in [0.5, 0.6) is 11.5 Å². The van der Waals surface area contributed by atoms with E-state index in [1.807, 2.05) is 34.6 Å². The van der Waals surface area contributed by atoms with E-state index in [0.29, 0.717) is 50.2 Å². The van der Waals surface area contributed by atoms with E-state index in [2.05, 4.69) is 25.1 Å². The molecule has 4 aliphatic heterocycles. The molecular weight excluding hydrogens is 671 g/mol. The smallest absolute Gasteiger partial charge is 0.282 e. The Balaban J connectivity index is 0.00000468. The minimum absolute atomic E-state index is 0. The van der Waals surface area contributed by atoms with Crippen molar-refractivity contribution < 1.29 is 22.3 Å². The lowest BCUT2D eigenvalue weighted by atomic mass is 9.72. The Hall–Kier alpha value is -2.62. The number of halogens is 2. The molecule has 0 aliphatic carbocycles. The van der Waals surface area contributed by atoms with Crippen LogP contribution >= 0.6 is 12.4 Å². The summed E-state index contributed by atoms with van der Waals surface area (Å²) < 4.78 is 50.6. The Morgan fingerprint density at radius 2 is 1.78 bits per heavy atom. The summed E-state index contributed by atoms with van der Waals surface area (Å²) in [5.74, 6) is 1.02. The van der Waals surface area contributed by atoms with Gasteiger partial charge < -0.3 is 24.8 Å². The monoisotopic (exact) mass is 722 g/mol. The van der Waals surface area contributed by atoms with E-state index in [0.717, 1.165) is 52.0 Å². The van der Waals surface area contributed by atoms with Crippen molar-refractivity contribution in [2.45, 2.75) is 72.0 Å². The van der Waals surface area contributed by atoms with Gasteiger partial charge >= 0.3 is 0 Å². The van der Waals surface area contributed by atoms with E-state index >= 15 is 0 Å². The lowest BCUT2D eigenvalue weighted by Crippen LogP contribution is -2.63. The van der Waals surface area contributed by atoms with Gasteiger partial charge in [0.15, 0.2) is 11.6 Å². The molecule has 0 bridgehead atoms. The summed E-state index contributed by atoms with van der Waals surface area (Å²) in [7, 11) is -3.41. The number of piperidine rings is 1. The van der Waals surface area contributed by atoms with Crippen LogP contribution in [0.3, 0.4) is 0 Å². The van der Waals surface area contributed by atoms with Crippen molar-refractivity contribution in [2.24, 2.45) is 11.3 Å². The van der Waals surface area contributed by atoms with E-state index in [1.54, 1.807) is 19.7 Å². The minimum Gasteiger partial charge on any atom is -0.451 e. The lowest BCUT2D eigenvalue weighted by Gasteiger charge is -2.54. The molecule has 4 fully saturated rings. The van der Waals surface area contributed by atoms with Gasteiger partial charge in [0.25, 0.3) is 16.1 Å². The van der Waals surface area contributed by atoms with Crippen molar-refractivity contribution in [2.75, 3.05) is 70.3 Å². The molecule has 1 aromatic heterocycles. The summed E-state index contributed by atoms with van der Waals surface area (Å²) >= 11 is 0. The fourth-order valence-electron chi connectivity index (χ4n) is 8.05. The van der Waals surface area contributed by atoms with Crippen molar-refractivity contribution in [1.82, 2.24) is 33.7 Å². The molecule has 1 spiro atoms. The molecule has 1 amide bonds. The van der Waals surface area contributed by atoms with Crippen LogP contribution < -0.4 is 15.0 Å². The highest BCUT2D eigenvalue weighted by molar-refractivity contribution is 7.86. The first-order valence-corrected chi connectivity index (χ1v) is 18.8. The second-order valence-electron chi connectivity index (χ2n) is 14.7. The molecular formula is C34H52ClFN8O4S. The molecule has 2 aromatic rings. The number of nitrogens with zero attached hydrogens (tertiary/aromatic N) is 7. The molecule has 0 saturated carbocycles. The largest absolute Gasteiger partial charge is 0.451 e. The molecule has 4 saturated heterocycles. The van der Waals surface area contributed by atoms with E-state index in [9.17, 15) is 17.6 Å². The van der Waals surface area contributed by atoms with Gasteiger partial charge in [-0.25, -0.2) is 14.4 Å². The van der Waals surface area contributed by atoms with E-state index in [-0.39, 0.29) is 53.2 Å². The number of amides is 1. The van der Waals surface area contributed by atoms with Crippen LogP contribution in [0.4, 0.5) is 10.2 Å². The summed E-state index contributed by atoms with van der Waals surface area (Å²) in [6, 6.07) is 4.07. The third kappa shape index (κ3) is 8.15. The Kier molecular flexibility index (Phi) is 11.8. The highest BCUT2D eigenvalue weighted by Gasteiger charge is 2.48. The molecule has 49 heavy (non-hydrogen) atoms. The first-order valence-electron chi connectivity index (χ1n) is 17.4. The number of likely N-dealkylation sites (tertiary alicyclic amines) is 1. The van der Waals surface area contributed by atoms with Gasteiger partial charge in [0.1, 0.15) is 17.9 Å². The van der Waals surface area contributed by atoms with Crippen molar-refractivity contribution in [3.05, 3.63) is 42.1 Å². The molecule has 1 N–H and O–H groups in total. The standard InChI is InChI=1S/C34H51FN8O4S.ClH/c1-24(2)43(25(3)4)33(44)29-16-28(35)6-7-30(29)47-31-17-36-23-38-32(31)40-12-8-27(20-40)19-39-21-34(22-39)9-13-41(14-10-34)48(45,46)42-15-11-37-26(5)18-42;/h6-7,16-17,23-27,37H,8-15,18-22H2,1-5H3;1H/t26-,27-;/m0./s1. The van der Waals surface area contributed by atoms with Gasteiger partial charge in [-0.2, -0.15) is 17.0 Å². The van der Waals surface area contributed by atoms with Gasteiger partial charge in [-0.05, 0) is 83.4 Å². The van der Waals surface area contributed by atoms with Gasteiger partial charge in [-0.3, -0.25) is 4.79 Å². The van der Waals surface area contributed by atoms with Gasteiger partial charge in [-0.1, -0.05) is 0 Å². The number of piperazine rings is 1. The minimum atomic E-state index is -3.41. The summed E-state index contributed by atoms with van der Waals surface area (Å²) in [4.78, 5) is 28.8. The topological polar surface area (TPSA) is 114 Å². The summed E-state index contributed by atoms with van der Waals surface area (Å²) in [5.41, 5.74) is 0.375. The third-order valence-electron chi connectivity index (χ3n) is 10.4. The second kappa shape index (κ2) is 15.3. The number of aromatic nitrogens is 2. The van der Waals surface area contributed by atoms with Gasteiger partial charge in [-0.15, -0.1) is 12.4 Å². The van der Waals surface area contributed by atoms with Crippen LogP contribution in [0.2, 0.25) is 0 Å². The summed E-state index contributed by atoms with van der Waals surface area (Å²) in [6.07, 6.45) is 5.93. The van der Waals surface area contributed by atoms with Crippen molar-refractivity contribution in [1.29, 1.82) is 0 Å². The quantitative estimate of drug-likeness (QED) is 0.391. The normalized spacial score (nSPS) is 23.5. The van der Waals surface area contributed by atoms with Crippen LogP contribution in [0.25, 0.3) is 0 Å². The van der Waals surface area contributed by atoms with Crippen molar-refractivity contribution in [3.63, 3.8) is 0 Å². The van der Waals surface area contributed by atoms with E-state index in [4.69, 9.17) is 4.74 Å². The maximum atomic E-state index is 14.4. The van der Waals surface area contributed by atoms with E-state index < -0.39 is 16.0 Å². The average molecular weight is 723 g/mol. The molecule has 6 rings (SSSR count). The predicted octanol–water partition coefficient (Wildman–Crippen LogP) is 3.85. The molecule has 0 unspecified atom stereocenters.